The Bertz CT molecular complexity index is 844. The van der Waals surface area contributed by atoms with Crippen molar-refractivity contribution < 1.29 is 0 Å². The highest BCUT2D eigenvalue weighted by molar-refractivity contribution is 5.61. The van der Waals surface area contributed by atoms with E-state index in [0.29, 0.717) is 0 Å². The number of rotatable bonds is 29. The molecule has 0 unspecified atom stereocenters. The first-order chi connectivity index (χ1) is 21.2. The van der Waals surface area contributed by atoms with Gasteiger partial charge in [-0.05, 0) is 79.5 Å². The van der Waals surface area contributed by atoms with Crippen LogP contribution >= 0.6 is 0 Å². The first kappa shape index (κ1) is 37.4. The molecule has 1 N–H and O–H groups in total. The van der Waals surface area contributed by atoms with Crippen molar-refractivity contribution >= 4 is 11.4 Å². The molecule has 0 spiro atoms. The van der Waals surface area contributed by atoms with Gasteiger partial charge in [-0.25, -0.2) is 0 Å². The van der Waals surface area contributed by atoms with E-state index < -0.39 is 0 Å². The Morgan fingerprint density at radius 3 is 1.02 bits per heavy atom. The van der Waals surface area contributed by atoms with Gasteiger partial charge in [-0.15, -0.1) is 0 Å². The van der Waals surface area contributed by atoms with Crippen molar-refractivity contribution in [2.45, 2.75) is 194 Å². The molecule has 2 aromatic carbocycles. The van der Waals surface area contributed by atoms with Crippen molar-refractivity contribution in [1.29, 1.82) is 0 Å². The molecule has 2 aromatic rings. The van der Waals surface area contributed by atoms with Crippen LogP contribution in [0.4, 0.5) is 11.4 Å². The van der Waals surface area contributed by atoms with Crippen LogP contribution in [-0.2, 0) is 19.3 Å². The molecule has 1 heteroatoms. The smallest absolute Gasteiger partial charge is 0.0389 e. The third-order valence-electron chi connectivity index (χ3n) is 9.25. The topological polar surface area (TPSA) is 12.0 Å². The zero-order valence-electron chi connectivity index (χ0n) is 29.1. The Morgan fingerprint density at radius 2 is 0.651 bits per heavy atom. The number of benzene rings is 2. The molecular weight excluding hydrogens is 518 g/mol. The lowest BCUT2D eigenvalue weighted by Crippen LogP contribution is -1.97. The lowest BCUT2D eigenvalue weighted by Gasteiger charge is -2.13. The predicted molar refractivity (Wildman–Crippen MR) is 195 cm³/mol. The maximum Gasteiger partial charge on any atom is 0.0389 e. The maximum atomic E-state index is 3.77. The van der Waals surface area contributed by atoms with Gasteiger partial charge in [0, 0.05) is 11.4 Å². The summed E-state index contributed by atoms with van der Waals surface area (Å²) in [6, 6.07) is 16.6. The highest BCUT2D eigenvalue weighted by Gasteiger charge is 2.05. The summed E-state index contributed by atoms with van der Waals surface area (Å²) in [5.41, 5.74) is 7.04. The van der Waals surface area contributed by atoms with Crippen molar-refractivity contribution in [3.63, 3.8) is 0 Å². The van der Waals surface area contributed by atoms with Crippen LogP contribution in [0.1, 0.15) is 192 Å². The molecule has 1 nitrogen and oxygen atoms in total. The van der Waals surface area contributed by atoms with Gasteiger partial charge in [-0.2, -0.15) is 0 Å². The molecule has 0 amide bonds. The maximum absolute atomic E-state index is 3.77. The fourth-order valence-electron chi connectivity index (χ4n) is 6.43. The number of hydrogen-bond donors (Lipinski definition) is 1. The van der Waals surface area contributed by atoms with Crippen molar-refractivity contribution in [3.8, 4) is 0 Å². The molecule has 0 aliphatic carbocycles. The summed E-state index contributed by atoms with van der Waals surface area (Å²) in [6.07, 6.45) is 37.0. The molecule has 2 rings (SSSR count). The Hall–Kier alpha value is -1.76. The van der Waals surface area contributed by atoms with Crippen molar-refractivity contribution in [2.75, 3.05) is 5.32 Å². The molecule has 0 aromatic heterocycles. The predicted octanol–water partition coefficient (Wildman–Crippen LogP) is 14.5. The molecule has 0 heterocycles. The summed E-state index contributed by atoms with van der Waals surface area (Å²) >= 11 is 0. The lowest BCUT2D eigenvalue weighted by atomic mass is 9.98. The average molecular weight is 590 g/mol. The molecule has 0 aliphatic rings. The van der Waals surface area contributed by atoms with Gasteiger partial charge in [0.05, 0.1) is 0 Å². The molecule has 0 bridgehead atoms. The molecule has 0 saturated carbocycles. The standard InChI is InChI=1S/C42H71N/c1-4-7-10-13-16-19-22-25-28-38-31-33-41(34-32-38)43-42-36-39(29-26-23-20-17-14-11-8-5-2)35-40(37-42)30-27-24-21-18-15-12-9-6-3/h31-37,43H,4-30H2,1-3H3. The number of aryl methyl sites for hydroxylation is 3. The van der Waals surface area contributed by atoms with E-state index in [4.69, 9.17) is 0 Å². The van der Waals surface area contributed by atoms with E-state index in [-0.39, 0.29) is 0 Å². The minimum atomic E-state index is 1.21. The summed E-state index contributed by atoms with van der Waals surface area (Å²) in [6.45, 7) is 6.91. The van der Waals surface area contributed by atoms with Crippen LogP contribution in [0.5, 0.6) is 0 Å². The van der Waals surface area contributed by atoms with E-state index in [2.05, 4.69) is 68.6 Å². The summed E-state index contributed by atoms with van der Waals surface area (Å²) in [4.78, 5) is 0. The van der Waals surface area contributed by atoms with Crippen LogP contribution in [0.25, 0.3) is 0 Å². The monoisotopic (exact) mass is 590 g/mol. The second-order valence-electron chi connectivity index (χ2n) is 13.5. The first-order valence-electron chi connectivity index (χ1n) is 19.2. The average Bonchev–Trinajstić information content (AvgIpc) is 3.02. The van der Waals surface area contributed by atoms with Gasteiger partial charge in [0.15, 0.2) is 0 Å². The SMILES string of the molecule is CCCCCCCCCCc1ccc(Nc2cc(CCCCCCCCCC)cc(CCCCCCCCCC)c2)cc1. The van der Waals surface area contributed by atoms with E-state index in [1.807, 2.05) is 0 Å². The Balaban J connectivity index is 1.83. The van der Waals surface area contributed by atoms with Crippen molar-refractivity contribution in [2.24, 2.45) is 0 Å². The normalized spacial score (nSPS) is 11.3. The fraction of sp³-hybridized carbons (Fsp3) is 0.714. The molecule has 0 fully saturated rings. The van der Waals surface area contributed by atoms with Crippen LogP contribution in [-0.4, -0.2) is 0 Å². The van der Waals surface area contributed by atoms with Crippen LogP contribution in [0, 0.1) is 0 Å². The third-order valence-corrected chi connectivity index (χ3v) is 9.25. The minimum Gasteiger partial charge on any atom is -0.356 e. The van der Waals surface area contributed by atoms with E-state index in [1.165, 1.54) is 201 Å². The minimum absolute atomic E-state index is 1.21. The molecule has 0 atom stereocenters. The zero-order chi connectivity index (χ0) is 30.6. The highest BCUT2D eigenvalue weighted by atomic mass is 14.9. The molecule has 0 radical (unpaired) electrons. The van der Waals surface area contributed by atoms with Crippen LogP contribution in [0.15, 0.2) is 42.5 Å². The van der Waals surface area contributed by atoms with E-state index in [0.717, 1.165) is 0 Å². The first-order valence-corrected chi connectivity index (χ1v) is 19.2. The molecule has 0 aliphatic heterocycles. The summed E-state index contributed by atoms with van der Waals surface area (Å²) in [5.74, 6) is 0. The summed E-state index contributed by atoms with van der Waals surface area (Å²) in [5, 5.41) is 3.77. The van der Waals surface area contributed by atoms with Gasteiger partial charge in [0.25, 0.3) is 0 Å². The number of hydrogen-bond acceptors (Lipinski definition) is 1. The molecular formula is C42H71N. The lowest BCUT2D eigenvalue weighted by molar-refractivity contribution is 0.574. The number of nitrogens with one attached hydrogen (secondary N) is 1. The second kappa shape index (κ2) is 26.6. The second-order valence-corrected chi connectivity index (χ2v) is 13.5. The van der Waals surface area contributed by atoms with E-state index in [9.17, 15) is 0 Å². The number of unbranched alkanes of at least 4 members (excludes halogenated alkanes) is 21. The molecule has 0 saturated heterocycles. The van der Waals surface area contributed by atoms with Gasteiger partial charge in [0.2, 0.25) is 0 Å². The molecule has 244 valence electrons. The van der Waals surface area contributed by atoms with Gasteiger partial charge in [-0.3, -0.25) is 0 Å². The van der Waals surface area contributed by atoms with E-state index in [1.54, 1.807) is 0 Å². The van der Waals surface area contributed by atoms with Gasteiger partial charge >= 0.3 is 0 Å². The number of anilines is 2. The quantitative estimate of drug-likeness (QED) is 0.0931. The van der Waals surface area contributed by atoms with E-state index >= 15 is 0 Å². The van der Waals surface area contributed by atoms with Gasteiger partial charge in [0.1, 0.15) is 0 Å². The van der Waals surface area contributed by atoms with Crippen LogP contribution in [0.3, 0.4) is 0 Å². The van der Waals surface area contributed by atoms with Crippen molar-refractivity contribution in [1.82, 2.24) is 0 Å². The van der Waals surface area contributed by atoms with Gasteiger partial charge in [-0.1, -0.05) is 174 Å². The zero-order valence-corrected chi connectivity index (χ0v) is 29.1. The van der Waals surface area contributed by atoms with Gasteiger partial charge < -0.3 is 5.32 Å². The van der Waals surface area contributed by atoms with Crippen LogP contribution in [0.2, 0.25) is 0 Å². The Kier molecular flexibility index (Phi) is 23.2. The fourth-order valence-corrected chi connectivity index (χ4v) is 6.43. The summed E-state index contributed by atoms with van der Waals surface area (Å²) < 4.78 is 0. The largest absolute Gasteiger partial charge is 0.356 e. The Morgan fingerprint density at radius 1 is 0.326 bits per heavy atom. The third kappa shape index (κ3) is 20.0. The molecule has 43 heavy (non-hydrogen) atoms. The van der Waals surface area contributed by atoms with Crippen molar-refractivity contribution in [3.05, 3.63) is 59.2 Å². The summed E-state index contributed by atoms with van der Waals surface area (Å²) in [7, 11) is 0. The Labute approximate surface area is 269 Å². The highest BCUT2D eigenvalue weighted by Crippen LogP contribution is 2.24. The van der Waals surface area contributed by atoms with Crippen LogP contribution < -0.4 is 5.32 Å².